The maximum atomic E-state index is 11.3. The monoisotopic (exact) mass is 359 g/mol. The quantitative estimate of drug-likeness (QED) is 0.680. The molecule has 1 fully saturated rings. The number of imidazole rings is 1. The van der Waals surface area contributed by atoms with E-state index in [0.29, 0.717) is 6.54 Å². The third kappa shape index (κ3) is 2.06. The van der Waals surface area contributed by atoms with Crippen molar-refractivity contribution >= 4 is 43.8 Å². The summed E-state index contributed by atoms with van der Waals surface area (Å²) in [6.07, 6.45) is 0.814. The van der Waals surface area contributed by atoms with Gasteiger partial charge in [-0.2, -0.15) is 0 Å². The molecule has 6 heteroatoms. The van der Waals surface area contributed by atoms with E-state index < -0.39 is 6.09 Å². The number of benzene rings is 2. The highest BCUT2D eigenvalue weighted by Gasteiger charge is 2.32. The Bertz CT molecular complexity index is 890. The summed E-state index contributed by atoms with van der Waals surface area (Å²) < 4.78 is 1.03. The number of hydrogen-bond acceptors (Lipinski definition) is 2. The molecular formula is C16H14BrN3O2. The topological polar surface area (TPSA) is 69.2 Å². The number of carboxylic acid groups (broad SMARTS) is 1. The van der Waals surface area contributed by atoms with Crippen molar-refractivity contribution in [3.63, 3.8) is 0 Å². The van der Waals surface area contributed by atoms with Crippen LogP contribution >= 0.6 is 15.9 Å². The van der Waals surface area contributed by atoms with Crippen molar-refractivity contribution in [3.8, 4) is 0 Å². The summed E-state index contributed by atoms with van der Waals surface area (Å²) in [5.74, 6) is 0.741. The zero-order chi connectivity index (χ0) is 15.3. The molecule has 1 aliphatic rings. The lowest BCUT2D eigenvalue weighted by molar-refractivity contribution is 0.139. The summed E-state index contributed by atoms with van der Waals surface area (Å²) in [6.45, 7) is 0.574. The van der Waals surface area contributed by atoms with Gasteiger partial charge in [-0.15, -0.1) is 0 Å². The molecule has 2 N–H and O–H groups in total. The van der Waals surface area contributed by atoms with Crippen molar-refractivity contribution in [3.05, 3.63) is 40.6 Å². The Morgan fingerprint density at radius 1 is 1.36 bits per heavy atom. The number of nitrogens with one attached hydrogen (secondary N) is 1. The highest BCUT2D eigenvalue weighted by molar-refractivity contribution is 9.10. The largest absolute Gasteiger partial charge is 0.465 e. The summed E-state index contributed by atoms with van der Waals surface area (Å²) >= 11 is 3.48. The molecular weight excluding hydrogens is 346 g/mol. The summed E-state index contributed by atoms with van der Waals surface area (Å²) in [4.78, 5) is 20.8. The van der Waals surface area contributed by atoms with Gasteiger partial charge in [0, 0.05) is 16.4 Å². The molecule has 1 saturated heterocycles. The Balaban J connectivity index is 1.87. The molecule has 2 aromatic carbocycles. The van der Waals surface area contributed by atoms with Crippen LogP contribution in [0.3, 0.4) is 0 Å². The molecule has 22 heavy (non-hydrogen) atoms. The minimum atomic E-state index is -0.878. The lowest BCUT2D eigenvalue weighted by Crippen LogP contribution is -2.29. The van der Waals surface area contributed by atoms with Crippen molar-refractivity contribution < 1.29 is 9.90 Å². The second-order valence-electron chi connectivity index (χ2n) is 5.58. The Labute approximate surface area is 135 Å². The minimum Gasteiger partial charge on any atom is -0.465 e. The normalized spacial score (nSPS) is 18.4. The molecule has 1 aliphatic heterocycles. The molecule has 1 aromatic heterocycles. The smallest absolute Gasteiger partial charge is 0.407 e. The molecule has 0 saturated carbocycles. The van der Waals surface area contributed by atoms with Crippen LogP contribution in [0.4, 0.5) is 4.79 Å². The fraction of sp³-hybridized carbons (Fsp3) is 0.250. The summed E-state index contributed by atoms with van der Waals surface area (Å²) in [6, 6.07) is 9.97. The molecule has 1 amide bonds. The number of aromatic nitrogens is 2. The van der Waals surface area contributed by atoms with Crippen molar-refractivity contribution in [1.29, 1.82) is 0 Å². The molecule has 112 valence electrons. The van der Waals surface area contributed by atoms with Crippen LogP contribution in [-0.4, -0.2) is 32.6 Å². The van der Waals surface area contributed by atoms with Crippen LogP contribution in [0.25, 0.3) is 21.8 Å². The molecule has 2 heterocycles. The van der Waals surface area contributed by atoms with Gasteiger partial charge in [-0.25, -0.2) is 9.78 Å². The van der Waals surface area contributed by atoms with Gasteiger partial charge < -0.3 is 10.1 Å². The first-order valence-corrected chi connectivity index (χ1v) is 8.00. The molecule has 0 radical (unpaired) electrons. The van der Waals surface area contributed by atoms with Crippen LogP contribution in [0.1, 0.15) is 24.7 Å². The van der Waals surface area contributed by atoms with Crippen LogP contribution < -0.4 is 0 Å². The van der Waals surface area contributed by atoms with E-state index in [1.165, 1.54) is 4.90 Å². The number of nitrogens with zero attached hydrogens (tertiary/aromatic N) is 2. The van der Waals surface area contributed by atoms with Crippen LogP contribution in [-0.2, 0) is 0 Å². The third-order valence-corrected chi connectivity index (χ3v) is 4.76. The Hall–Kier alpha value is -2.08. The molecule has 0 spiro atoms. The average Bonchev–Trinajstić information content (AvgIpc) is 3.12. The van der Waals surface area contributed by atoms with Crippen LogP contribution in [0.15, 0.2) is 34.8 Å². The molecule has 0 bridgehead atoms. The summed E-state index contributed by atoms with van der Waals surface area (Å²) in [5, 5.41) is 11.5. The number of likely N-dealkylation sites (tertiary alicyclic amines) is 1. The van der Waals surface area contributed by atoms with E-state index in [2.05, 4.69) is 27.0 Å². The molecule has 0 aliphatic carbocycles. The van der Waals surface area contributed by atoms with Crippen molar-refractivity contribution in [2.75, 3.05) is 6.54 Å². The zero-order valence-electron chi connectivity index (χ0n) is 11.7. The fourth-order valence-corrected chi connectivity index (χ4v) is 3.61. The predicted octanol–water partition coefficient (Wildman–Crippen LogP) is 4.29. The van der Waals surface area contributed by atoms with Crippen LogP contribution in [0.2, 0.25) is 0 Å². The van der Waals surface area contributed by atoms with Crippen LogP contribution in [0, 0.1) is 0 Å². The van der Waals surface area contributed by atoms with E-state index in [1.54, 1.807) is 0 Å². The number of amides is 1. The number of halogens is 1. The Morgan fingerprint density at radius 2 is 2.23 bits per heavy atom. The van der Waals surface area contributed by atoms with Gasteiger partial charge in [-0.05, 0) is 36.4 Å². The second kappa shape index (κ2) is 4.98. The average molecular weight is 360 g/mol. The SMILES string of the molecule is O=C(O)N1CCC[C@H]1c1nc2c(ccc3cc(Br)ccc32)[nH]1. The first-order valence-electron chi connectivity index (χ1n) is 7.21. The van der Waals surface area contributed by atoms with Gasteiger partial charge in [-0.3, -0.25) is 4.90 Å². The third-order valence-electron chi connectivity index (χ3n) is 4.26. The van der Waals surface area contributed by atoms with Crippen molar-refractivity contribution in [1.82, 2.24) is 14.9 Å². The summed E-state index contributed by atoms with van der Waals surface area (Å²) in [5.41, 5.74) is 1.85. The Morgan fingerprint density at radius 3 is 3.05 bits per heavy atom. The molecule has 3 aromatic rings. The maximum absolute atomic E-state index is 11.3. The first-order chi connectivity index (χ1) is 10.6. The predicted molar refractivity (Wildman–Crippen MR) is 88.0 cm³/mol. The van der Waals surface area contributed by atoms with E-state index in [-0.39, 0.29) is 6.04 Å². The second-order valence-corrected chi connectivity index (χ2v) is 6.50. The van der Waals surface area contributed by atoms with E-state index in [4.69, 9.17) is 4.98 Å². The summed E-state index contributed by atoms with van der Waals surface area (Å²) in [7, 11) is 0. The number of hydrogen-bond donors (Lipinski definition) is 2. The minimum absolute atomic E-state index is 0.171. The van der Waals surface area contributed by atoms with Gasteiger partial charge in [0.05, 0.1) is 17.1 Å². The number of aromatic amines is 1. The van der Waals surface area contributed by atoms with Crippen molar-refractivity contribution in [2.24, 2.45) is 0 Å². The van der Waals surface area contributed by atoms with E-state index in [1.807, 2.05) is 24.3 Å². The van der Waals surface area contributed by atoms with Gasteiger partial charge >= 0.3 is 6.09 Å². The number of carbonyl (C=O) groups is 1. The fourth-order valence-electron chi connectivity index (χ4n) is 3.23. The van der Waals surface area contributed by atoms with E-state index in [0.717, 1.165) is 44.9 Å². The van der Waals surface area contributed by atoms with Gasteiger partial charge in [0.15, 0.2) is 0 Å². The van der Waals surface area contributed by atoms with E-state index >= 15 is 0 Å². The lowest BCUT2D eigenvalue weighted by atomic mass is 10.1. The Kier molecular flexibility index (Phi) is 3.07. The van der Waals surface area contributed by atoms with Gasteiger partial charge in [0.1, 0.15) is 5.82 Å². The molecule has 0 unspecified atom stereocenters. The zero-order valence-corrected chi connectivity index (χ0v) is 13.3. The van der Waals surface area contributed by atoms with Gasteiger partial charge in [0.25, 0.3) is 0 Å². The number of rotatable bonds is 1. The molecule has 5 nitrogen and oxygen atoms in total. The van der Waals surface area contributed by atoms with Crippen LogP contribution in [0.5, 0.6) is 0 Å². The maximum Gasteiger partial charge on any atom is 0.407 e. The van der Waals surface area contributed by atoms with Gasteiger partial charge in [-0.1, -0.05) is 28.1 Å². The highest BCUT2D eigenvalue weighted by atomic mass is 79.9. The lowest BCUT2D eigenvalue weighted by Gasteiger charge is -2.19. The van der Waals surface area contributed by atoms with Gasteiger partial charge in [0.2, 0.25) is 0 Å². The van der Waals surface area contributed by atoms with E-state index in [9.17, 15) is 9.90 Å². The number of H-pyrrole nitrogens is 1. The molecule has 4 rings (SSSR count). The number of fused-ring (bicyclic) bond motifs is 3. The standard InChI is InChI=1S/C16H14BrN3O2/c17-10-4-5-11-9(8-10)3-6-12-14(11)19-15(18-12)13-2-1-7-20(13)16(21)22/h3-6,8,13H,1-2,7H2,(H,18,19)(H,21,22)/t13-/m0/s1. The van der Waals surface area contributed by atoms with Crippen molar-refractivity contribution in [2.45, 2.75) is 18.9 Å². The first kappa shape index (κ1) is 13.6. The molecule has 1 atom stereocenters. The highest BCUT2D eigenvalue weighted by Crippen LogP contribution is 2.33.